The minimum atomic E-state index is -0.960. The normalized spacial score (nSPS) is 17.1. The Balaban J connectivity index is 1.48. The van der Waals surface area contributed by atoms with Crippen LogP contribution in [0.1, 0.15) is 42.8 Å². The molecule has 0 bridgehead atoms. The second-order valence-corrected chi connectivity index (χ2v) is 14.2. The molecule has 3 aromatic heterocycles. The summed E-state index contributed by atoms with van der Waals surface area (Å²) in [5.74, 6) is -2.88. The van der Waals surface area contributed by atoms with Crippen LogP contribution < -0.4 is 10.1 Å². The quantitative estimate of drug-likeness (QED) is 0.126. The van der Waals surface area contributed by atoms with Crippen LogP contribution in [0.2, 0.25) is 0 Å². The number of likely N-dealkylation sites (N-methyl/N-ethyl adjacent to an activating group) is 1. The lowest BCUT2D eigenvalue weighted by Crippen LogP contribution is -2.42. The van der Waals surface area contributed by atoms with E-state index in [1.54, 1.807) is 18.0 Å². The summed E-state index contributed by atoms with van der Waals surface area (Å²) in [6.45, 7) is 9.49. The first-order chi connectivity index (χ1) is 25.5. The Bertz CT molecular complexity index is 2250. The lowest BCUT2D eigenvalue weighted by atomic mass is 9.93. The summed E-state index contributed by atoms with van der Waals surface area (Å²) in [5, 5.41) is 9.07. The van der Waals surface area contributed by atoms with E-state index in [2.05, 4.69) is 16.8 Å². The highest BCUT2D eigenvalue weighted by atomic mass is 32.1. The van der Waals surface area contributed by atoms with Crippen molar-refractivity contribution in [2.45, 2.75) is 38.9 Å². The number of ether oxygens (including phenoxy) is 2. The highest BCUT2D eigenvalue weighted by Gasteiger charge is 2.35. The van der Waals surface area contributed by atoms with Gasteiger partial charge in [0, 0.05) is 67.8 Å². The van der Waals surface area contributed by atoms with Gasteiger partial charge >= 0.3 is 0 Å². The number of fused-ring (bicyclic) bond motifs is 3. The van der Waals surface area contributed by atoms with Gasteiger partial charge in [-0.25, -0.2) is 18.2 Å². The van der Waals surface area contributed by atoms with Gasteiger partial charge in [0.05, 0.1) is 46.9 Å². The molecule has 0 saturated heterocycles. The summed E-state index contributed by atoms with van der Waals surface area (Å²) in [7, 11) is 3.09. The number of rotatable bonds is 10. The highest BCUT2D eigenvalue weighted by molar-refractivity contribution is 7.17. The molecule has 0 fully saturated rings. The SMILES string of the molecule is C=CC(=O)N1C[C@H](C)n2nc(-c3nc(-c4ccc5c(c4)CN(CC(=O)NC)CC5)c4scc(F)c4c3-c3c(F)cc(F)cc3OCCOC)cc2[C@H]1C. The molecule has 0 radical (unpaired) electrons. The molecule has 2 aromatic carbocycles. The number of hydrogen-bond donors (Lipinski definition) is 1. The number of nitrogens with one attached hydrogen (secondary N) is 1. The van der Waals surface area contributed by atoms with Crippen molar-refractivity contribution in [2.75, 3.05) is 47.0 Å². The van der Waals surface area contributed by atoms with Gasteiger partial charge in [0.15, 0.2) is 0 Å². The summed E-state index contributed by atoms with van der Waals surface area (Å²) in [6.07, 6.45) is 2.03. The first-order valence-electron chi connectivity index (χ1n) is 17.3. The molecule has 2 aliphatic heterocycles. The van der Waals surface area contributed by atoms with E-state index in [4.69, 9.17) is 19.6 Å². The van der Waals surface area contributed by atoms with Crippen molar-refractivity contribution in [2.24, 2.45) is 0 Å². The van der Waals surface area contributed by atoms with Gasteiger partial charge in [-0.2, -0.15) is 5.10 Å². The molecule has 1 N–H and O–H groups in total. The van der Waals surface area contributed by atoms with E-state index < -0.39 is 23.5 Å². The molecular weight excluding hydrogens is 706 g/mol. The predicted molar refractivity (Wildman–Crippen MR) is 197 cm³/mol. The number of nitrogens with zero attached hydrogens (tertiary/aromatic N) is 5. The molecule has 2 aliphatic rings. The molecule has 0 spiro atoms. The van der Waals surface area contributed by atoms with Crippen molar-refractivity contribution in [3.8, 4) is 39.5 Å². The van der Waals surface area contributed by atoms with E-state index in [1.807, 2.05) is 36.7 Å². The van der Waals surface area contributed by atoms with Crippen LogP contribution >= 0.6 is 11.3 Å². The van der Waals surface area contributed by atoms with E-state index in [0.717, 1.165) is 47.6 Å². The van der Waals surface area contributed by atoms with Crippen LogP contribution in [-0.2, 0) is 27.3 Å². The maximum atomic E-state index is 16.3. The Kier molecular flexibility index (Phi) is 10.1. The molecule has 10 nitrogen and oxygen atoms in total. The summed E-state index contributed by atoms with van der Waals surface area (Å²) in [4.78, 5) is 33.9. The number of aromatic nitrogens is 3. The monoisotopic (exact) mass is 744 g/mol. The largest absolute Gasteiger partial charge is 0.490 e. The van der Waals surface area contributed by atoms with Crippen molar-refractivity contribution in [1.29, 1.82) is 0 Å². The van der Waals surface area contributed by atoms with Gasteiger partial charge in [0.2, 0.25) is 11.8 Å². The minimum Gasteiger partial charge on any atom is -0.490 e. The number of halogens is 3. The zero-order valence-corrected chi connectivity index (χ0v) is 30.7. The molecular formula is C39H39F3N6O4S. The summed E-state index contributed by atoms with van der Waals surface area (Å²) in [5.41, 5.74) is 4.40. The van der Waals surface area contributed by atoms with Crippen molar-refractivity contribution in [3.63, 3.8) is 0 Å². The van der Waals surface area contributed by atoms with Gasteiger partial charge in [0.25, 0.3) is 0 Å². The smallest absolute Gasteiger partial charge is 0.246 e. The van der Waals surface area contributed by atoms with Gasteiger partial charge in [-0.1, -0.05) is 18.7 Å². The lowest BCUT2D eigenvalue weighted by Gasteiger charge is -2.36. The molecule has 276 valence electrons. The second-order valence-electron chi connectivity index (χ2n) is 13.3. The van der Waals surface area contributed by atoms with Crippen LogP contribution in [0.5, 0.6) is 5.75 Å². The van der Waals surface area contributed by atoms with E-state index in [-0.39, 0.29) is 65.6 Å². The first kappa shape index (κ1) is 36.3. The second kappa shape index (κ2) is 14.8. The van der Waals surface area contributed by atoms with Crippen LogP contribution in [0.25, 0.3) is 43.9 Å². The fourth-order valence-corrected chi connectivity index (χ4v) is 8.23. The fraction of sp³-hybridized carbons (Fsp3) is 0.333. The van der Waals surface area contributed by atoms with Crippen LogP contribution in [0.3, 0.4) is 0 Å². The number of amides is 2. The van der Waals surface area contributed by atoms with Gasteiger partial charge in [-0.15, -0.1) is 11.3 Å². The Morgan fingerprint density at radius 3 is 2.62 bits per heavy atom. The molecule has 53 heavy (non-hydrogen) atoms. The molecule has 14 heteroatoms. The highest BCUT2D eigenvalue weighted by Crippen LogP contribution is 2.48. The van der Waals surface area contributed by atoms with Gasteiger partial charge in [-0.05, 0) is 49.6 Å². The number of carbonyl (C=O) groups excluding carboxylic acids is 2. The van der Waals surface area contributed by atoms with Crippen molar-refractivity contribution in [3.05, 3.63) is 88.7 Å². The van der Waals surface area contributed by atoms with Crippen molar-refractivity contribution >= 4 is 33.2 Å². The average Bonchev–Trinajstić information content (AvgIpc) is 3.77. The molecule has 2 amide bonds. The minimum absolute atomic E-state index is 0.0183. The zero-order chi connectivity index (χ0) is 37.6. The number of hydrogen-bond acceptors (Lipinski definition) is 8. The van der Waals surface area contributed by atoms with E-state index in [9.17, 15) is 14.0 Å². The number of benzene rings is 2. The van der Waals surface area contributed by atoms with Gasteiger partial charge in [0.1, 0.15) is 41.2 Å². The fourth-order valence-electron chi connectivity index (χ4n) is 7.29. The lowest BCUT2D eigenvalue weighted by molar-refractivity contribution is -0.129. The zero-order valence-electron chi connectivity index (χ0n) is 29.8. The third kappa shape index (κ3) is 6.70. The van der Waals surface area contributed by atoms with E-state index in [1.165, 1.54) is 18.6 Å². The number of carbonyl (C=O) groups is 2. The van der Waals surface area contributed by atoms with Crippen LogP contribution in [0.4, 0.5) is 13.2 Å². The summed E-state index contributed by atoms with van der Waals surface area (Å²) in [6, 6.07) is 8.93. The third-order valence-corrected chi connectivity index (χ3v) is 10.9. The number of pyridine rings is 1. The standard InChI is InChI=1S/C39H39F3N6O4S/c1-6-33(50)47-17-21(2)48-30(22(47)3)16-29(45-48)38-36(34-27(41)14-26(40)15-31(34)52-12-11-51-5)35-28(42)20-53-39(35)37(44-38)24-8-7-23-9-10-46(18-25(23)13-24)19-32(49)43-4/h6-8,13-16,20-22H,1,9-12,17-19H2,2-5H3,(H,43,49)/t21-,22+/m0/s1. The molecule has 0 aliphatic carbocycles. The van der Waals surface area contributed by atoms with Gasteiger partial charge in [-0.3, -0.25) is 19.2 Å². The molecule has 5 aromatic rings. The number of methoxy groups -OCH3 is 1. The Morgan fingerprint density at radius 1 is 1.06 bits per heavy atom. The molecule has 0 unspecified atom stereocenters. The molecule has 7 rings (SSSR count). The topological polar surface area (TPSA) is 102 Å². The average molecular weight is 745 g/mol. The van der Waals surface area contributed by atoms with Crippen molar-refractivity contribution < 1.29 is 32.2 Å². The molecule has 0 saturated carbocycles. The van der Waals surface area contributed by atoms with Crippen LogP contribution in [0.15, 0.2) is 54.4 Å². The van der Waals surface area contributed by atoms with E-state index in [0.29, 0.717) is 40.4 Å². The Labute approximate surface area is 308 Å². The predicted octanol–water partition coefficient (Wildman–Crippen LogP) is 6.69. The molecule has 2 atom stereocenters. The number of thiophene rings is 1. The molecule has 5 heterocycles. The van der Waals surface area contributed by atoms with Crippen LogP contribution in [0, 0.1) is 17.5 Å². The van der Waals surface area contributed by atoms with Gasteiger partial charge < -0.3 is 19.7 Å². The third-order valence-electron chi connectivity index (χ3n) is 9.94. The van der Waals surface area contributed by atoms with Crippen molar-refractivity contribution in [1.82, 2.24) is 29.9 Å². The van der Waals surface area contributed by atoms with Crippen LogP contribution in [-0.4, -0.2) is 83.4 Å². The van der Waals surface area contributed by atoms with E-state index >= 15 is 8.78 Å². The summed E-state index contributed by atoms with van der Waals surface area (Å²) < 4.78 is 60.6. The maximum Gasteiger partial charge on any atom is 0.246 e. The summed E-state index contributed by atoms with van der Waals surface area (Å²) >= 11 is 1.13. The Morgan fingerprint density at radius 2 is 1.87 bits per heavy atom. The maximum absolute atomic E-state index is 16.3. The Hall–Kier alpha value is -5.05. The first-order valence-corrected chi connectivity index (χ1v) is 18.2.